The van der Waals surface area contributed by atoms with Crippen molar-refractivity contribution in [3.8, 4) is 0 Å². The number of ether oxygens (including phenoxy) is 2. The maximum absolute atomic E-state index is 9.25. The molecule has 0 unspecified atom stereocenters. The van der Waals surface area contributed by atoms with E-state index in [0.29, 0.717) is 6.61 Å². The van der Waals surface area contributed by atoms with Crippen molar-refractivity contribution in [1.29, 1.82) is 0 Å². The molecule has 2 bridgehead atoms. The monoisotopic (exact) mass is 145 g/mol. The molecule has 2 rings (SSSR count). The fourth-order valence-corrected chi connectivity index (χ4v) is 1.29. The molecule has 57 valence electrons. The van der Waals surface area contributed by atoms with Gasteiger partial charge in [0.05, 0.1) is 6.61 Å². The van der Waals surface area contributed by atoms with Gasteiger partial charge in [-0.2, -0.15) is 0 Å². The first-order valence-electron chi connectivity index (χ1n) is 3.25. The third-order valence-electron chi connectivity index (χ3n) is 1.90. The molecule has 0 aromatic heterocycles. The molecule has 0 spiro atoms. The van der Waals surface area contributed by atoms with Crippen LogP contribution in [0.25, 0.3) is 0 Å². The number of hydrogen-bond donors (Lipinski definition) is 2. The number of rotatable bonds is 0. The first-order chi connectivity index (χ1) is 4.79. The normalized spacial score (nSPS) is 53.4. The highest BCUT2D eigenvalue weighted by Crippen LogP contribution is 2.27. The van der Waals surface area contributed by atoms with Gasteiger partial charge in [-0.15, -0.1) is 0 Å². The van der Waals surface area contributed by atoms with Crippen molar-refractivity contribution in [3.63, 3.8) is 0 Å². The van der Waals surface area contributed by atoms with Crippen LogP contribution in [-0.4, -0.2) is 41.2 Å². The van der Waals surface area contributed by atoms with E-state index in [0.717, 1.165) is 0 Å². The molecule has 0 aliphatic carbocycles. The van der Waals surface area contributed by atoms with E-state index in [1.807, 2.05) is 0 Å². The Kier molecular flexibility index (Phi) is 1.42. The summed E-state index contributed by atoms with van der Waals surface area (Å²) in [5.74, 6) is 0. The molecule has 2 heterocycles. The molecular formula is C6H9O4. The first-order valence-corrected chi connectivity index (χ1v) is 3.25. The molecule has 4 atom stereocenters. The van der Waals surface area contributed by atoms with E-state index >= 15 is 0 Å². The van der Waals surface area contributed by atoms with Crippen LogP contribution in [0.1, 0.15) is 0 Å². The van der Waals surface area contributed by atoms with E-state index in [2.05, 4.69) is 0 Å². The van der Waals surface area contributed by atoms with Crippen LogP contribution in [0.4, 0.5) is 0 Å². The Morgan fingerprint density at radius 1 is 1.40 bits per heavy atom. The lowest BCUT2D eigenvalue weighted by Crippen LogP contribution is -2.45. The van der Waals surface area contributed by atoms with Crippen LogP contribution < -0.4 is 0 Å². The Bertz CT molecular complexity index is 138. The van der Waals surface area contributed by atoms with E-state index in [1.54, 1.807) is 0 Å². The lowest BCUT2D eigenvalue weighted by molar-refractivity contribution is -0.0961. The fraction of sp³-hybridized carbons (Fsp3) is 0.833. The van der Waals surface area contributed by atoms with Crippen molar-refractivity contribution in [3.05, 3.63) is 6.61 Å². The second kappa shape index (κ2) is 2.17. The number of fused-ring (bicyclic) bond motifs is 2. The van der Waals surface area contributed by atoms with E-state index < -0.39 is 18.3 Å². The Morgan fingerprint density at radius 2 is 2.20 bits per heavy atom. The molecule has 1 radical (unpaired) electrons. The summed E-state index contributed by atoms with van der Waals surface area (Å²) >= 11 is 0. The van der Waals surface area contributed by atoms with Gasteiger partial charge in [0.2, 0.25) is 0 Å². The zero-order chi connectivity index (χ0) is 7.14. The molecule has 0 aromatic carbocycles. The van der Waals surface area contributed by atoms with Gasteiger partial charge in [0.25, 0.3) is 0 Å². The summed E-state index contributed by atoms with van der Waals surface area (Å²) < 4.78 is 9.99. The van der Waals surface area contributed by atoms with Gasteiger partial charge in [0.1, 0.15) is 31.0 Å². The molecule has 4 nitrogen and oxygen atoms in total. The van der Waals surface area contributed by atoms with Crippen molar-refractivity contribution < 1.29 is 19.7 Å². The Balaban J connectivity index is 2.13. The number of aliphatic hydroxyl groups excluding tert-OH is 2. The average molecular weight is 145 g/mol. The van der Waals surface area contributed by atoms with E-state index in [-0.39, 0.29) is 6.10 Å². The van der Waals surface area contributed by atoms with Crippen LogP contribution in [-0.2, 0) is 9.47 Å². The highest BCUT2D eigenvalue weighted by atomic mass is 16.6. The molecule has 0 amide bonds. The summed E-state index contributed by atoms with van der Waals surface area (Å²) in [7, 11) is 0. The lowest BCUT2D eigenvalue weighted by atomic mass is 10.0. The summed E-state index contributed by atoms with van der Waals surface area (Å²) in [6.07, 6.45) is -2.19. The summed E-state index contributed by atoms with van der Waals surface area (Å²) in [6.45, 7) is 1.69. The van der Waals surface area contributed by atoms with Crippen LogP contribution >= 0.6 is 0 Å². The molecule has 0 aromatic rings. The molecule has 4 heteroatoms. The van der Waals surface area contributed by atoms with Crippen LogP contribution in [0.15, 0.2) is 0 Å². The summed E-state index contributed by atoms with van der Waals surface area (Å²) in [5, 5.41) is 18.3. The third kappa shape index (κ3) is 0.769. The van der Waals surface area contributed by atoms with Crippen LogP contribution in [0, 0.1) is 6.61 Å². The third-order valence-corrected chi connectivity index (χ3v) is 1.90. The Hall–Kier alpha value is -0.160. The van der Waals surface area contributed by atoms with Gasteiger partial charge >= 0.3 is 0 Å². The van der Waals surface area contributed by atoms with Crippen LogP contribution in [0.5, 0.6) is 0 Å². The van der Waals surface area contributed by atoms with Crippen LogP contribution in [0.2, 0.25) is 0 Å². The van der Waals surface area contributed by atoms with Crippen LogP contribution in [0.3, 0.4) is 0 Å². The first kappa shape index (κ1) is 6.54. The molecule has 10 heavy (non-hydrogen) atoms. The smallest absolute Gasteiger partial charge is 0.115 e. The molecule has 0 saturated carbocycles. The molecule has 2 fully saturated rings. The molecule has 2 N–H and O–H groups in total. The van der Waals surface area contributed by atoms with Crippen molar-refractivity contribution in [2.24, 2.45) is 0 Å². The zero-order valence-corrected chi connectivity index (χ0v) is 5.30. The standard InChI is InChI=1S/C6H9O4/c7-3-1-9-4-2-10-6(3)5(4)8/h1,3-8H,2H2/t3-,4+,5-,6+/m0/s1. The van der Waals surface area contributed by atoms with Gasteiger partial charge in [-0.25, -0.2) is 0 Å². The van der Waals surface area contributed by atoms with E-state index in [9.17, 15) is 5.11 Å². The fourth-order valence-electron chi connectivity index (χ4n) is 1.29. The Labute approximate surface area is 58.4 Å². The SMILES string of the molecule is O[C@@H]1[C@@H]2OC[C@H]1O[CH][C@@H]2O. The second-order valence-electron chi connectivity index (χ2n) is 2.59. The summed E-state index contributed by atoms with van der Waals surface area (Å²) in [6, 6.07) is 0. The minimum atomic E-state index is -0.784. The van der Waals surface area contributed by atoms with E-state index in [1.165, 1.54) is 6.61 Å². The molecule has 2 saturated heterocycles. The maximum Gasteiger partial charge on any atom is 0.115 e. The topological polar surface area (TPSA) is 58.9 Å². The second-order valence-corrected chi connectivity index (χ2v) is 2.59. The quantitative estimate of drug-likeness (QED) is 0.443. The van der Waals surface area contributed by atoms with Crippen molar-refractivity contribution in [1.82, 2.24) is 0 Å². The maximum atomic E-state index is 9.25. The van der Waals surface area contributed by atoms with Crippen molar-refractivity contribution in [2.45, 2.75) is 24.4 Å². The van der Waals surface area contributed by atoms with Crippen molar-refractivity contribution in [2.75, 3.05) is 6.61 Å². The number of aliphatic hydroxyl groups is 2. The molecule has 2 aliphatic rings. The minimum Gasteiger partial charge on any atom is -0.387 e. The van der Waals surface area contributed by atoms with Crippen molar-refractivity contribution >= 4 is 0 Å². The average Bonchev–Trinajstić information content (AvgIpc) is 2.13. The molecule has 2 aliphatic heterocycles. The van der Waals surface area contributed by atoms with Gasteiger partial charge in [0, 0.05) is 0 Å². The summed E-state index contributed by atoms with van der Waals surface area (Å²) in [4.78, 5) is 0. The van der Waals surface area contributed by atoms with Gasteiger partial charge in [-0.1, -0.05) is 0 Å². The number of hydrogen-bond acceptors (Lipinski definition) is 4. The van der Waals surface area contributed by atoms with Gasteiger partial charge < -0.3 is 19.7 Å². The highest BCUT2D eigenvalue weighted by molar-refractivity contribution is 4.97. The predicted molar refractivity (Wildman–Crippen MR) is 30.9 cm³/mol. The molecular weight excluding hydrogens is 136 g/mol. The largest absolute Gasteiger partial charge is 0.387 e. The Morgan fingerprint density at radius 3 is 2.90 bits per heavy atom. The predicted octanol–water partition coefficient (Wildman–Crippen LogP) is -1.33. The van der Waals surface area contributed by atoms with Gasteiger partial charge in [-0.3, -0.25) is 0 Å². The van der Waals surface area contributed by atoms with E-state index in [4.69, 9.17) is 14.6 Å². The highest BCUT2D eigenvalue weighted by Gasteiger charge is 2.45. The lowest BCUT2D eigenvalue weighted by Gasteiger charge is -2.27. The zero-order valence-electron chi connectivity index (χ0n) is 5.30. The van der Waals surface area contributed by atoms with Gasteiger partial charge in [-0.05, 0) is 0 Å². The minimum absolute atomic E-state index is 0.270. The van der Waals surface area contributed by atoms with Gasteiger partial charge in [0.15, 0.2) is 0 Å². The summed E-state index contributed by atoms with van der Waals surface area (Å²) in [5.41, 5.74) is 0.